The normalized spacial score (nSPS) is 17.9. The van der Waals surface area contributed by atoms with Crippen LogP contribution in [0.2, 0.25) is 0 Å². The fraction of sp³-hybridized carbons (Fsp3) is 0.333. The summed E-state index contributed by atoms with van der Waals surface area (Å²) in [4.78, 5) is 2.25. The van der Waals surface area contributed by atoms with Gasteiger partial charge >= 0.3 is 0 Å². The van der Waals surface area contributed by atoms with Crippen LogP contribution in [-0.2, 0) is 12.8 Å². The van der Waals surface area contributed by atoms with E-state index in [1.165, 1.54) is 23.3 Å². The van der Waals surface area contributed by atoms with Gasteiger partial charge in [0.25, 0.3) is 0 Å². The molecule has 3 rings (SSSR count). The van der Waals surface area contributed by atoms with Crippen molar-refractivity contribution in [2.45, 2.75) is 25.3 Å². The zero-order chi connectivity index (χ0) is 15.0. The third-order valence-electron chi connectivity index (χ3n) is 4.36. The lowest BCUT2D eigenvalue weighted by Gasteiger charge is -2.31. The molecule has 3 heteroatoms. The number of hydrogen-bond donors (Lipinski definition) is 0. The largest absolute Gasteiger partial charge is 0.306 e. The Kier molecular flexibility index (Phi) is 3.77. The number of halogens is 2. The number of rotatable bonds is 2. The second-order valence-electron chi connectivity index (χ2n) is 5.96. The van der Waals surface area contributed by atoms with Gasteiger partial charge in [-0.25, -0.2) is 8.78 Å². The van der Waals surface area contributed by atoms with Gasteiger partial charge in [-0.1, -0.05) is 18.2 Å². The van der Waals surface area contributed by atoms with Crippen molar-refractivity contribution >= 4 is 0 Å². The smallest absolute Gasteiger partial charge is 0.126 e. The van der Waals surface area contributed by atoms with Gasteiger partial charge in [-0.3, -0.25) is 0 Å². The highest BCUT2D eigenvalue weighted by Crippen LogP contribution is 2.33. The monoisotopic (exact) mass is 287 g/mol. The Labute approximate surface area is 124 Å². The van der Waals surface area contributed by atoms with Crippen LogP contribution in [0.15, 0.2) is 36.4 Å². The lowest BCUT2D eigenvalue weighted by atomic mass is 9.83. The first-order chi connectivity index (χ1) is 10.0. The predicted octanol–water partition coefficient (Wildman–Crippen LogP) is 4.05. The molecule has 2 aromatic carbocycles. The highest BCUT2D eigenvalue weighted by Gasteiger charge is 2.22. The SMILES string of the molecule is CN(C)C1CCc2c(cccc2-c2cc(F)cc(F)c2)C1. The van der Waals surface area contributed by atoms with E-state index in [1.807, 2.05) is 12.1 Å². The molecular formula is C18H19F2N. The molecule has 0 saturated heterocycles. The molecule has 0 bridgehead atoms. The van der Waals surface area contributed by atoms with Crippen molar-refractivity contribution in [2.75, 3.05) is 14.1 Å². The van der Waals surface area contributed by atoms with Crippen LogP contribution < -0.4 is 0 Å². The van der Waals surface area contributed by atoms with E-state index in [-0.39, 0.29) is 0 Å². The fourth-order valence-corrected chi connectivity index (χ4v) is 3.21. The van der Waals surface area contributed by atoms with Crippen molar-refractivity contribution in [1.82, 2.24) is 4.90 Å². The number of likely N-dealkylation sites (N-methyl/N-ethyl adjacent to an activating group) is 1. The topological polar surface area (TPSA) is 3.24 Å². The second kappa shape index (κ2) is 5.57. The van der Waals surface area contributed by atoms with Crippen LogP contribution in [0.25, 0.3) is 11.1 Å². The van der Waals surface area contributed by atoms with Crippen molar-refractivity contribution in [3.8, 4) is 11.1 Å². The van der Waals surface area contributed by atoms with Gasteiger partial charge in [0.2, 0.25) is 0 Å². The molecule has 0 fully saturated rings. The van der Waals surface area contributed by atoms with Crippen molar-refractivity contribution in [3.63, 3.8) is 0 Å². The van der Waals surface area contributed by atoms with Gasteiger partial charge in [0.05, 0.1) is 0 Å². The molecule has 21 heavy (non-hydrogen) atoms. The molecule has 110 valence electrons. The first-order valence-electron chi connectivity index (χ1n) is 7.28. The molecule has 2 aromatic rings. The van der Waals surface area contributed by atoms with E-state index in [0.29, 0.717) is 11.6 Å². The lowest BCUT2D eigenvalue weighted by Crippen LogP contribution is -2.33. The summed E-state index contributed by atoms with van der Waals surface area (Å²) in [6, 6.07) is 10.4. The molecule has 0 radical (unpaired) electrons. The van der Waals surface area contributed by atoms with Gasteiger partial charge in [0.1, 0.15) is 11.6 Å². The van der Waals surface area contributed by atoms with Crippen LogP contribution in [0.1, 0.15) is 17.5 Å². The summed E-state index contributed by atoms with van der Waals surface area (Å²) in [5, 5.41) is 0. The summed E-state index contributed by atoms with van der Waals surface area (Å²) < 4.78 is 26.9. The van der Waals surface area contributed by atoms with E-state index in [4.69, 9.17) is 0 Å². The number of benzene rings is 2. The van der Waals surface area contributed by atoms with E-state index in [2.05, 4.69) is 25.1 Å². The van der Waals surface area contributed by atoms with Gasteiger partial charge in [-0.2, -0.15) is 0 Å². The molecule has 0 spiro atoms. The van der Waals surface area contributed by atoms with Crippen molar-refractivity contribution < 1.29 is 8.78 Å². The third-order valence-corrected chi connectivity index (χ3v) is 4.36. The van der Waals surface area contributed by atoms with Crippen LogP contribution in [0, 0.1) is 11.6 Å². The summed E-state index contributed by atoms with van der Waals surface area (Å²) in [7, 11) is 4.20. The lowest BCUT2D eigenvalue weighted by molar-refractivity contribution is 0.268. The molecule has 1 aliphatic carbocycles. The Morgan fingerprint density at radius 3 is 2.43 bits per heavy atom. The zero-order valence-corrected chi connectivity index (χ0v) is 12.4. The number of nitrogens with zero attached hydrogens (tertiary/aromatic N) is 1. The van der Waals surface area contributed by atoms with E-state index in [9.17, 15) is 8.78 Å². The molecular weight excluding hydrogens is 268 g/mol. The van der Waals surface area contributed by atoms with Crippen LogP contribution in [0.3, 0.4) is 0 Å². The van der Waals surface area contributed by atoms with Gasteiger partial charge in [-0.15, -0.1) is 0 Å². The highest BCUT2D eigenvalue weighted by molar-refractivity contribution is 5.69. The Morgan fingerprint density at radius 2 is 1.76 bits per heavy atom. The average molecular weight is 287 g/mol. The van der Waals surface area contributed by atoms with E-state index < -0.39 is 11.6 Å². The Balaban J connectivity index is 2.04. The van der Waals surface area contributed by atoms with Crippen molar-refractivity contribution in [1.29, 1.82) is 0 Å². The van der Waals surface area contributed by atoms with Crippen LogP contribution in [-0.4, -0.2) is 25.0 Å². The third kappa shape index (κ3) is 2.84. The van der Waals surface area contributed by atoms with E-state index in [0.717, 1.165) is 30.9 Å². The fourth-order valence-electron chi connectivity index (χ4n) is 3.21. The maximum Gasteiger partial charge on any atom is 0.126 e. The number of hydrogen-bond acceptors (Lipinski definition) is 1. The Bertz CT molecular complexity index is 644. The minimum Gasteiger partial charge on any atom is -0.306 e. The molecule has 0 heterocycles. The standard InChI is InChI=1S/C18H19F2N/c1-21(2)16-6-7-18-12(10-16)4-3-5-17(18)13-8-14(19)11-15(20)9-13/h3-5,8-9,11,16H,6-7,10H2,1-2H3. The molecule has 0 aromatic heterocycles. The van der Waals surface area contributed by atoms with Gasteiger partial charge in [0.15, 0.2) is 0 Å². The molecule has 0 N–H and O–H groups in total. The summed E-state index contributed by atoms with van der Waals surface area (Å²) in [6.07, 6.45) is 3.02. The summed E-state index contributed by atoms with van der Waals surface area (Å²) in [6.45, 7) is 0. The predicted molar refractivity (Wildman–Crippen MR) is 81.3 cm³/mol. The molecule has 0 saturated carbocycles. The number of fused-ring (bicyclic) bond motifs is 1. The molecule has 0 aliphatic heterocycles. The first-order valence-corrected chi connectivity index (χ1v) is 7.28. The summed E-state index contributed by atoms with van der Waals surface area (Å²) in [5.74, 6) is -1.05. The van der Waals surface area contributed by atoms with Crippen molar-refractivity contribution in [2.24, 2.45) is 0 Å². The molecule has 0 amide bonds. The van der Waals surface area contributed by atoms with Crippen LogP contribution >= 0.6 is 0 Å². The van der Waals surface area contributed by atoms with Crippen LogP contribution in [0.4, 0.5) is 8.78 Å². The molecule has 1 aliphatic rings. The van der Waals surface area contributed by atoms with E-state index in [1.54, 1.807) is 0 Å². The van der Waals surface area contributed by atoms with Gasteiger partial charge in [-0.05, 0) is 67.7 Å². The second-order valence-corrected chi connectivity index (χ2v) is 5.96. The Morgan fingerprint density at radius 1 is 1.05 bits per heavy atom. The van der Waals surface area contributed by atoms with E-state index >= 15 is 0 Å². The minimum atomic E-state index is -0.524. The summed E-state index contributed by atoms with van der Waals surface area (Å²) in [5.41, 5.74) is 4.12. The summed E-state index contributed by atoms with van der Waals surface area (Å²) >= 11 is 0. The Hall–Kier alpha value is -1.74. The highest BCUT2D eigenvalue weighted by atomic mass is 19.1. The van der Waals surface area contributed by atoms with Crippen molar-refractivity contribution in [3.05, 3.63) is 59.2 Å². The minimum absolute atomic E-state index is 0.524. The zero-order valence-electron chi connectivity index (χ0n) is 12.4. The van der Waals surface area contributed by atoms with Crippen LogP contribution in [0.5, 0.6) is 0 Å². The molecule has 1 unspecified atom stereocenters. The van der Waals surface area contributed by atoms with Gasteiger partial charge in [0, 0.05) is 12.1 Å². The van der Waals surface area contributed by atoms with Gasteiger partial charge < -0.3 is 4.90 Å². The average Bonchev–Trinajstić information content (AvgIpc) is 2.45. The maximum atomic E-state index is 13.5. The molecule has 1 atom stereocenters. The quantitative estimate of drug-likeness (QED) is 0.805. The first kappa shape index (κ1) is 14.2. The maximum absolute atomic E-state index is 13.5. The molecule has 1 nitrogen and oxygen atoms in total.